The number of Topliss-reactive ketones (excluding diaryl/α,β-unsaturated/α-hetero) is 1. The Morgan fingerprint density at radius 2 is 1.50 bits per heavy atom. The molecule has 5 heteroatoms. The van der Waals surface area contributed by atoms with Gasteiger partial charge in [-0.1, -0.05) is 72.3 Å². The minimum atomic E-state index is -0.552. The van der Waals surface area contributed by atoms with Gasteiger partial charge in [0.05, 0.1) is 17.9 Å². The van der Waals surface area contributed by atoms with Crippen LogP contribution < -0.4 is 4.74 Å². The quantitative estimate of drug-likeness (QED) is 0.535. The van der Waals surface area contributed by atoms with Gasteiger partial charge in [-0.3, -0.25) is 9.59 Å². The Balaban J connectivity index is 1.36. The summed E-state index contributed by atoms with van der Waals surface area (Å²) < 4.78 is 6.33. The molecule has 0 N–H and O–H groups in total. The van der Waals surface area contributed by atoms with Gasteiger partial charge in [-0.2, -0.15) is 0 Å². The highest BCUT2D eigenvalue weighted by Gasteiger charge is 2.44. The first-order valence-corrected chi connectivity index (χ1v) is 11.3. The maximum absolute atomic E-state index is 13.7. The van der Waals surface area contributed by atoms with Crippen molar-refractivity contribution in [1.29, 1.82) is 0 Å². The third-order valence-corrected chi connectivity index (χ3v) is 6.79. The van der Waals surface area contributed by atoms with Crippen molar-refractivity contribution in [3.05, 3.63) is 101 Å². The first kappa shape index (κ1) is 20.8. The van der Waals surface area contributed by atoms with Crippen molar-refractivity contribution in [2.45, 2.75) is 30.8 Å². The topological polar surface area (TPSA) is 46.6 Å². The van der Waals surface area contributed by atoms with Crippen LogP contribution in [-0.2, 0) is 4.79 Å². The molecule has 1 spiro atoms. The van der Waals surface area contributed by atoms with E-state index in [-0.39, 0.29) is 17.6 Å². The van der Waals surface area contributed by atoms with Crippen molar-refractivity contribution in [2.24, 2.45) is 0 Å². The van der Waals surface area contributed by atoms with Crippen molar-refractivity contribution in [3.8, 4) is 5.75 Å². The van der Waals surface area contributed by atoms with Gasteiger partial charge < -0.3 is 9.64 Å². The lowest BCUT2D eigenvalue weighted by Gasteiger charge is -2.44. The van der Waals surface area contributed by atoms with Crippen LogP contribution >= 0.6 is 11.6 Å². The summed E-state index contributed by atoms with van der Waals surface area (Å²) in [5.74, 6) is 0.395. The predicted octanol–water partition coefficient (Wildman–Crippen LogP) is 5.50. The molecule has 162 valence electrons. The lowest BCUT2D eigenvalue weighted by Crippen LogP contribution is -2.53. The van der Waals surface area contributed by atoms with Gasteiger partial charge in [0, 0.05) is 31.0 Å². The Hall–Kier alpha value is -3.11. The van der Waals surface area contributed by atoms with Gasteiger partial charge in [-0.15, -0.1) is 0 Å². The van der Waals surface area contributed by atoms with Gasteiger partial charge in [0.25, 0.3) is 0 Å². The third-order valence-electron chi connectivity index (χ3n) is 6.55. The van der Waals surface area contributed by atoms with Gasteiger partial charge in [-0.25, -0.2) is 0 Å². The molecule has 1 saturated heterocycles. The number of hydrogen-bond donors (Lipinski definition) is 0. The average molecular weight is 446 g/mol. The van der Waals surface area contributed by atoms with Crippen molar-refractivity contribution in [2.75, 3.05) is 13.1 Å². The molecule has 0 unspecified atom stereocenters. The Morgan fingerprint density at radius 3 is 2.09 bits per heavy atom. The van der Waals surface area contributed by atoms with Gasteiger partial charge >= 0.3 is 0 Å². The molecule has 1 amide bonds. The minimum absolute atomic E-state index is 0.0555. The molecule has 0 bridgehead atoms. The number of likely N-dealkylation sites (tertiary alicyclic amines) is 1. The summed E-state index contributed by atoms with van der Waals surface area (Å²) in [6.45, 7) is 1.12. The second-order valence-electron chi connectivity index (χ2n) is 8.61. The number of halogens is 1. The van der Waals surface area contributed by atoms with Crippen molar-refractivity contribution >= 4 is 23.3 Å². The number of carbonyl (C=O) groups excluding carboxylic acids is 2. The summed E-state index contributed by atoms with van der Waals surface area (Å²) in [7, 11) is 0. The first-order chi connectivity index (χ1) is 15.5. The highest BCUT2D eigenvalue weighted by Crippen LogP contribution is 2.41. The second-order valence-corrected chi connectivity index (χ2v) is 9.04. The van der Waals surface area contributed by atoms with E-state index in [1.54, 1.807) is 18.2 Å². The number of ether oxygens (including phenoxy) is 1. The van der Waals surface area contributed by atoms with Crippen molar-refractivity contribution in [3.63, 3.8) is 0 Å². The third kappa shape index (κ3) is 3.91. The molecule has 32 heavy (non-hydrogen) atoms. The lowest BCUT2D eigenvalue weighted by atomic mass is 9.81. The van der Waals surface area contributed by atoms with E-state index in [0.29, 0.717) is 48.7 Å². The minimum Gasteiger partial charge on any atom is -0.486 e. The van der Waals surface area contributed by atoms with Crippen LogP contribution in [0.5, 0.6) is 5.75 Å². The molecule has 5 rings (SSSR count). The molecular formula is C27H24ClNO3. The molecular weight excluding hydrogens is 422 g/mol. The fourth-order valence-electron chi connectivity index (χ4n) is 4.83. The molecule has 2 aliphatic heterocycles. The highest BCUT2D eigenvalue weighted by atomic mass is 35.5. The molecule has 2 aliphatic rings. The van der Waals surface area contributed by atoms with Gasteiger partial charge in [0.15, 0.2) is 5.78 Å². The Morgan fingerprint density at radius 1 is 0.906 bits per heavy atom. The predicted molar refractivity (Wildman–Crippen MR) is 124 cm³/mol. The Bertz CT molecular complexity index is 1100. The zero-order chi connectivity index (χ0) is 22.1. The molecule has 0 aromatic heterocycles. The fourth-order valence-corrected chi connectivity index (χ4v) is 5.00. The van der Waals surface area contributed by atoms with Crippen LogP contribution in [0.1, 0.15) is 46.7 Å². The van der Waals surface area contributed by atoms with E-state index in [1.165, 1.54) is 0 Å². The summed E-state index contributed by atoms with van der Waals surface area (Å²) in [4.78, 5) is 28.4. The second kappa shape index (κ2) is 8.44. The van der Waals surface area contributed by atoms with Crippen LogP contribution in [0.3, 0.4) is 0 Å². The number of piperidine rings is 1. The number of fused-ring (bicyclic) bond motifs is 1. The standard InChI is InChI=1S/C27H24ClNO3/c28-21-11-12-24-22(17-21)23(30)18-27(32-24)13-15-29(16-14-27)26(31)25(19-7-3-1-4-8-19)20-9-5-2-6-10-20/h1-12,17,25H,13-16,18H2. The zero-order valence-electron chi connectivity index (χ0n) is 17.7. The monoisotopic (exact) mass is 445 g/mol. The maximum Gasteiger partial charge on any atom is 0.234 e. The van der Waals surface area contributed by atoms with Crippen LogP contribution in [0, 0.1) is 0 Å². The van der Waals surface area contributed by atoms with Crippen LogP contribution in [-0.4, -0.2) is 35.3 Å². The summed E-state index contributed by atoms with van der Waals surface area (Å²) in [6.07, 6.45) is 1.58. The van der Waals surface area contributed by atoms with Crippen LogP contribution in [0.2, 0.25) is 5.02 Å². The highest BCUT2D eigenvalue weighted by molar-refractivity contribution is 6.31. The van der Waals surface area contributed by atoms with E-state index < -0.39 is 5.60 Å². The normalized spacial score (nSPS) is 17.2. The largest absolute Gasteiger partial charge is 0.486 e. The first-order valence-electron chi connectivity index (χ1n) is 11.0. The zero-order valence-corrected chi connectivity index (χ0v) is 18.4. The summed E-state index contributed by atoms with van der Waals surface area (Å²) in [5, 5.41) is 0.532. The summed E-state index contributed by atoms with van der Waals surface area (Å²) >= 11 is 6.05. The Kier molecular flexibility index (Phi) is 5.48. The lowest BCUT2D eigenvalue weighted by molar-refractivity contribution is -0.135. The smallest absolute Gasteiger partial charge is 0.234 e. The van der Waals surface area contributed by atoms with E-state index in [1.807, 2.05) is 65.6 Å². The molecule has 2 heterocycles. The van der Waals surface area contributed by atoms with Crippen molar-refractivity contribution in [1.82, 2.24) is 4.90 Å². The number of nitrogens with zero attached hydrogens (tertiary/aromatic N) is 1. The summed E-state index contributed by atoms with van der Waals surface area (Å²) in [5.41, 5.74) is 1.97. The number of carbonyl (C=O) groups is 2. The van der Waals surface area contributed by atoms with Gasteiger partial charge in [0.2, 0.25) is 5.91 Å². The van der Waals surface area contributed by atoms with Crippen molar-refractivity contribution < 1.29 is 14.3 Å². The Labute approximate surface area is 192 Å². The molecule has 3 aromatic carbocycles. The molecule has 0 aliphatic carbocycles. The van der Waals surface area contributed by atoms with E-state index in [9.17, 15) is 9.59 Å². The number of hydrogen-bond acceptors (Lipinski definition) is 3. The maximum atomic E-state index is 13.7. The van der Waals surface area contributed by atoms with Crippen LogP contribution in [0.25, 0.3) is 0 Å². The summed E-state index contributed by atoms with van der Waals surface area (Å²) in [6, 6.07) is 25.0. The number of benzene rings is 3. The van der Waals surface area contributed by atoms with Gasteiger partial charge in [0.1, 0.15) is 11.4 Å². The molecule has 4 nitrogen and oxygen atoms in total. The number of ketones is 1. The van der Waals surface area contributed by atoms with E-state index >= 15 is 0 Å². The molecule has 3 aromatic rings. The van der Waals surface area contributed by atoms with Gasteiger partial charge in [-0.05, 0) is 29.3 Å². The van der Waals surface area contributed by atoms with E-state index in [4.69, 9.17) is 16.3 Å². The van der Waals surface area contributed by atoms with E-state index in [0.717, 1.165) is 11.1 Å². The SMILES string of the molecule is O=C1CC2(CCN(C(=O)C(c3ccccc3)c3ccccc3)CC2)Oc2ccc(Cl)cc21. The molecule has 0 saturated carbocycles. The molecule has 1 fully saturated rings. The molecule has 0 atom stereocenters. The average Bonchev–Trinajstić information content (AvgIpc) is 2.82. The van der Waals surface area contributed by atoms with Crippen LogP contribution in [0.4, 0.5) is 0 Å². The van der Waals surface area contributed by atoms with E-state index in [2.05, 4.69) is 0 Å². The van der Waals surface area contributed by atoms with Crippen LogP contribution in [0.15, 0.2) is 78.9 Å². The number of rotatable bonds is 3. The fraction of sp³-hybridized carbons (Fsp3) is 0.259. The molecule has 0 radical (unpaired) electrons. The number of amides is 1.